The molecule has 23 heavy (non-hydrogen) atoms. The molecule has 134 valence electrons. The number of thioether (sulfide) groups is 1. The minimum atomic E-state index is -0.836. The SMILES string of the molecule is C=CCSCCNC(=NCC(C)(O)CN1CCOCC1)NCC. The Hall–Kier alpha value is -0.760. The molecule has 0 aromatic carbocycles. The van der Waals surface area contributed by atoms with Crippen molar-refractivity contribution in [2.45, 2.75) is 19.4 Å². The monoisotopic (exact) mass is 344 g/mol. The highest BCUT2D eigenvalue weighted by Crippen LogP contribution is 2.09. The molecule has 6 nitrogen and oxygen atoms in total. The predicted octanol–water partition coefficient (Wildman–Crippen LogP) is 0.544. The van der Waals surface area contributed by atoms with Gasteiger partial charge in [-0.3, -0.25) is 9.89 Å². The maximum atomic E-state index is 10.6. The van der Waals surface area contributed by atoms with Crippen molar-refractivity contribution in [3.8, 4) is 0 Å². The molecule has 1 atom stereocenters. The summed E-state index contributed by atoms with van der Waals surface area (Å²) in [6.07, 6.45) is 1.91. The number of guanidine groups is 1. The van der Waals surface area contributed by atoms with E-state index in [0.717, 1.165) is 56.9 Å². The molecule has 0 aromatic rings. The van der Waals surface area contributed by atoms with Gasteiger partial charge in [-0.15, -0.1) is 6.58 Å². The van der Waals surface area contributed by atoms with Gasteiger partial charge in [0.2, 0.25) is 0 Å². The maximum absolute atomic E-state index is 10.6. The maximum Gasteiger partial charge on any atom is 0.191 e. The first kappa shape index (κ1) is 20.3. The van der Waals surface area contributed by atoms with Gasteiger partial charge in [0.1, 0.15) is 0 Å². The molecule has 0 amide bonds. The number of morpholine rings is 1. The van der Waals surface area contributed by atoms with Crippen molar-refractivity contribution < 1.29 is 9.84 Å². The summed E-state index contributed by atoms with van der Waals surface area (Å²) in [4.78, 5) is 6.75. The number of hydrogen-bond donors (Lipinski definition) is 3. The van der Waals surface area contributed by atoms with Crippen molar-refractivity contribution in [2.75, 3.05) is 64.0 Å². The Morgan fingerprint density at radius 2 is 2.17 bits per heavy atom. The van der Waals surface area contributed by atoms with Gasteiger partial charge in [-0.1, -0.05) is 6.08 Å². The third-order valence-corrected chi connectivity index (χ3v) is 4.33. The molecule has 1 aliphatic rings. The van der Waals surface area contributed by atoms with E-state index in [-0.39, 0.29) is 0 Å². The largest absolute Gasteiger partial charge is 0.387 e. The molecule has 0 spiro atoms. The van der Waals surface area contributed by atoms with Crippen LogP contribution in [0.4, 0.5) is 0 Å². The molecule has 0 radical (unpaired) electrons. The fraction of sp³-hybridized carbons (Fsp3) is 0.812. The van der Waals surface area contributed by atoms with Gasteiger partial charge in [0, 0.05) is 44.2 Å². The lowest BCUT2D eigenvalue weighted by molar-refractivity contribution is -0.0179. The molecule has 3 N–H and O–H groups in total. The second-order valence-corrected chi connectivity index (χ2v) is 7.02. The Morgan fingerprint density at radius 1 is 1.43 bits per heavy atom. The lowest BCUT2D eigenvalue weighted by Crippen LogP contribution is -2.48. The second kappa shape index (κ2) is 11.7. The molecule has 0 bridgehead atoms. The average molecular weight is 345 g/mol. The standard InChI is InChI=1S/C16H32N4O2S/c1-4-11-23-12-6-18-15(17-5-2)19-13-16(3,21)14-20-7-9-22-10-8-20/h4,21H,1,5-14H2,2-3H3,(H2,17,18,19). The smallest absolute Gasteiger partial charge is 0.191 e. The van der Waals surface area contributed by atoms with Gasteiger partial charge >= 0.3 is 0 Å². The fourth-order valence-electron chi connectivity index (χ4n) is 2.29. The molecule has 1 aliphatic heterocycles. The Morgan fingerprint density at radius 3 is 2.83 bits per heavy atom. The summed E-state index contributed by atoms with van der Waals surface area (Å²) in [5.41, 5.74) is -0.836. The lowest BCUT2D eigenvalue weighted by Gasteiger charge is -2.33. The predicted molar refractivity (Wildman–Crippen MR) is 99.4 cm³/mol. The first-order chi connectivity index (χ1) is 11.1. The van der Waals surface area contributed by atoms with E-state index >= 15 is 0 Å². The number of nitrogens with zero attached hydrogens (tertiary/aromatic N) is 2. The Balaban J connectivity index is 2.38. The van der Waals surface area contributed by atoms with Crippen LogP contribution in [0.25, 0.3) is 0 Å². The number of rotatable bonds is 10. The molecule has 0 aromatic heterocycles. The zero-order valence-corrected chi connectivity index (χ0v) is 15.3. The van der Waals surface area contributed by atoms with E-state index in [9.17, 15) is 5.11 Å². The summed E-state index contributed by atoms with van der Waals surface area (Å²) in [6.45, 7) is 13.5. The van der Waals surface area contributed by atoms with Crippen molar-refractivity contribution in [1.29, 1.82) is 0 Å². The van der Waals surface area contributed by atoms with Gasteiger partial charge < -0.3 is 20.5 Å². The van der Waals surface area contributed by atoms with Gasteiger partial charge in [0.25, 0.3) is 0 Å². The van der Waals surface area contributed by atoms with Crippen LogP contribution in [-0.2, 0) is 4.74 Å². The second-order valence-electron chi connectivity index (χ2n) is 5.87. The summed E-state index contributed by atoms with van der Waals surface area (Å²) in [6, 6.07) is 0. The number of nitrogens with one attached hydrogen (secondary N) is 2. The highest BCUT2D eigenvalue weighted by Gasteiger charge is 2.25. The number of ether oxygens (including phenoxy) is 1. The highest BCUT2D eigenvalue weighted by molar-refractivity contribution is 7.99. The molecule has 0 aliphatic carbocycles. The van der Waals surface area contributed by atoms with Crippen LogP contribution >= 0.6 is 11.8 Å². The van der Waals surface area contributed by atoms with E-state index in [2.05, 4.69) is 27.1 Å². The normalized spacial score (nSPS) is 19.2. The van der Waals surface area contributed by atoms with Gasteiger partial charge in [0.15, 0.2) is 5.96 Å². The zero-order valence-electron chi connectivity index (χ0n) is 14.5. The fourth-order valence-corrected chi connectivity index (χ4v) is 2.87. The van der Waals surface area contributed by atoms with E-state index in [1.165, 1.54) is 0 Å². The molecule has 1 saturated heterocycles. The summed E-state index contributed by atoms with van der Waals surface area (Å²) >= 11 is 1.83. The van der Waals surface area contributed by atoms with Gasteiger partial charge in [0.05, 0.1) is 25.4 Å². The minimum absolute atomic E-state index is 0.374. The number of aliphatic imine (C=N–C) groups is 1. The minimum Gasteiger partial charge on any atom is -0.387 e. The van der Waals surface area contributed by atoms with Gasteiger partial charge in [-0.05, 0) is 13.8 Å². The molecule has 1 unspecified atom stereocenters. The lowest BCUT2D eigenvalue weighted by atomic mass is 10.1. The summed E-state index contributed by atoms with van der Waals surface area (Å²) < 4.78 is 5.34. The van der Waals surface area contributed by atoms with Crippen LogP contribution in [0.15, 0.2) is 17.6 Å². The molecule has 1 heterocycles. The Labute approximate surface area is 144 Å². The molecule has 0 saturated carbocycles. The van der Waals surface area contributed by atoms with Crippen molar-refractivity contribution in [3.63, 3.8) is 0 Å². The van der Waals surface area contributed by atoms with E-state index in [4.69, 9.17) is 4.74 Å². The average Bonchev–Trinajstić information content (AvgIpc) is 2.53. The molecular weight excluding hydrogens is 312 g/mol. The first-order valence-corrected chi connectivity index (χ1v) is 9.46. The van der Waals surface area contributed by atoms with Crippen LogP contribution in [0, 0.1) is 0 Å². The molecule has 7 heteroatoms. The number of aliphatic hydroxyl groups is 1. The van der Waals surface area contributed by atoms with E-state index < -0.39 is 5.60 Å². The molecule has 1 fully saturated rings. The van der Waals surface area contributed by atoms with Gasteiger partial charge in [-0.25, -0.2) is 0 Å². The van der Waals surface area contributed by atoms with Crippen LogP contribution in [0.3, 0.4) is 0 Å². The van der Waals surface area contributed by atoms with Crippen molar-refractivity contribution in [3.05, 3.63) is 12.7 Å². The first-order valence-electron chi connectivity index (χ1n) is 8.30. The Bertz CT molecular complexity index is 358. The number of hydrogen-bond acceptors (Lipinski definition) is 5. The zero-order chi connectivity index (χ0) is 17.0. The third-order valence-electron chi connectivity index (χ3n) is 3.36. The number of β-amino-alcohol motifs (C(OH)–C–C–N with tert-alkyl or cyclic N) is 1. The van der Waals surface area contributed by atoms with Crippen molar-refractivity contribution in [2.24, 2.45) is 4.99 Å². The van der Waals surface area contributed by atoms with E-state index in [0.29, 0.717) is 13.1 Å². The van der Waals surface area contributed by atoms with E-state index in [1.54, 1.807) is 0 Å². The molecular formula is C16H32N4O2S. The Kier molecular flexibility index (Phi) is 10.3. The topological polar surface area (TPSA) is 69.1 Å². The van der Waals surface area contributed by atoms with E-state index in [1.807, 2.05) is 31.7 Å². The van der Waals surface area contributed by atoms with Crippen molar-refractivity contribution in [1.82, 2.24) is 15.5 Å². The van der Waals surface area contributed by atoms with Crippen LogP contribution in [0.2, 0.25) is 0 Å². The molecule has 1 rings (SSSR count). The summed E-state index contributed by atoms with van der Waals surface area (Å²) in [5, 5.41) is 17.1. The third kappa shape index (κ3) is 9.86. The highest BCUT2D eigenvalue weighted by atomic mass is 32.2. The summed E-state index contributed by atoms with van der Waals surface area (Å²) in [7, 11) is 0. The summed E-state index contributed by atoms with van der Waals surface area (Å²) in [5.74, 6) is 2.72. The van der Waals surface area contributed by atoms with Crippen LogP contribution in [-0.4, -0.2) is 85.6 Å². The van der Waals surface area contributed by atoms with Gasteiger partial charge in [-0.2, -0.15) is 11.8 Å². The van der Waals surface area contributed by atoms with Crippen LogP contribution in [0.1, 0.15) is 13.8 Å². The van der Waals surface area contributed by atoms with Crippen LogP contribution < -0.4 is 10.6 Å². The van der Waals surface area contributed by atoms with Crippen molar-refractivity contribution >= 4 is 17.7 Å². The van der Waals surface area contributed by atoms with Crippen LogP contribution in [0.5, 0.6) is 0 Å². The quantitative estimate of drug-likeness (QED) is 0.233.